The smallest absolute Gasteiger partial charge is 0.271 e. The van der Waals surface area contributed by atoms with Gasteiger partial charge in [0.25, 0.3) is 5.91 Å². The van der Waals surface area contributed by atoms with Gasteiger partial charge in [0.15, 0.2) is 0 Å². The normalized spacial score (nSPS) is 24.7. The molecule has 4 aromatic rings. The molecule has 2 unspecified atom stereocenters. The van der Waals surface area contributed by atoms with Crippen molar-refractivity contribution in [3.8, 4) is 22.9 Å². The van der Waals surface area contributed by atoms with Crippen molar-refractivity contribution in [2.24, 2.45) is 5.92 Å². The highest BCUT2D eigenvalue weighted by Crippen LogP contribution is 2.52. The van der Waals surface area contributed by atoms with Crippen molar-refractivity contribution in [1.29, 1.82) is 5.26 Å². The van der Waals surface area contributed by atoms with Crippen LogP contribution in [0.3, 0.4) is 0 Å². The van der Waals surface area contributed by atoms with Crippen molar-refractivity contribution in [2.45, 2.75) is 56.7 Å². The van der Waals surface area contributed by atoms with Gasteiger partial charge in [-0.2, -0.15) is 10.4 Å². The maximum Gasteiger partial charge on any atom is 0.271 e. The van der Waals surface area contributed by atoms with E-state index < -0.39 is 0 Å². The Bertz CT molecular complexity index is 1650. The number of ether oxygens (including phenoxy) is 1. The van der Waals surface area contributed by atoms with E-state index in [1.807, 2.05) is 19.2 Å². The van der Waals surface area contributed by atoms with Crippen LogP contribution in [0, 0.1) is 17.2 Å². The second kappa shape index (κ2) is 9.49. The number of pyridine rings is 3. The van der Waals surface area contributed by atoms with Gasteiger partial charge in [-0.3, -0.25) is 4.79 Å². The van der Waals surface area contributed by atoms with Gasteiger partial charge in [0, 0.05) is 41.1 Å². The Morgan fingerprint density at radius 2 is 2.02 bits per heavy atom. The molecule has 4 bridgehead atoms. The van der Waals surface area contributed by atoms with Crippen molar-refractivity contribution in [3.05, 3.63) is 71.4 Å². The molecule has 4 fully saturated rings. The van der Waals surface area contributed by atoms with E-state index in [-0.39, 0.29) is 17.1 Å². The fourth-order valence-corrected chi connectivity index (χ4v) is 7.56. The fraction of sp³-hybridized carbons (Fsp3) is 0.367. The number of carbonyl (C=O) groups excluding carboxylic acids is 1. The number of fused-ring (bicyclic) bond motifs is 1. The highest BCUT2D eigenvalue weighted by molar-refractivity contribution is 6.33. The van der Waals surface area contributed by atoms with Crippen LogP contribution in [0.25, 0.3) is 16.6 Å². The van der Waals surface area contributed by atoms with E-state index in [0.717, 1.165) is 54.6 Å². The van der Waals surface area contributed by atoms with Crippen molar-refractivity contribution in [2.75, 3.05) is 11.5 Å². The molecular weight excluding hydrogens is 526 g/mol. The van der Waals surface area contributed by atoms with Crippen molar-refractivity contribution < 1.29 is 9.53 Å². The summed E-state index contributed by atoms with van der Waals surface area (Å²) in [6.07, 6.45) is 11.8. The Hall–Kier alpha value is -4.16. The minimum atomic E-state index is -0.244. The lowest BCUT2D eigenvalue weighted by Gasteiger charge is -2.62. The Morgan fingerprint density at radius 3 is 2.73 bits per heavy atom. The first-order chi connectivity index (χ1) is 19.5. The number of halogens is 1. The van der Waals surface area contributed by atoms with Gasteiger partial charge in [-0.05, 0) is 75.3 Å². The van der Waals surface area contributed by atoms with Crippen LogP contribution in [0.1, 0.15) is 55.1 Å². The summed E-state index contributed by atoms with van der Waals surface area (Å²) in [6.45, 7) is 2.47. The van der Waals surface area contributed by atoms with E-state index in [1.54, 1.807) is 35.2 Å². The van der Waals surface area contributed by atoms with Gasteiger partial charge in [0.2, 0.25) is 0 Å². The van der Waals surface area contributed by atoms with E-state index in [2.05, 4.69) is 38.5 Å². The number of nitriles is 1. The summed E-state index contributed by atoms with van der Waals surface area (Å²) in [5.74, 6) is 2.01. The highest BCUT2D eigenvalue weighted by atomic mass is 35.5. The Kier molecular flexibility index (Phi) is 5.90. The van der Waals surface area contributed by atoms with Gasteiger partial charge < -0.3 is 15.0 Å². The molecule has 0 aromatic carbocycles. The number of hydrogen-bond donors (Lipinski definition) is 1. The quantitative estimate of drug-likeness (QED) is 0.356. The lowest BCUT2D eigenvalue weighted by molar-refractivity contribution is 0.0357. The lowest BCUT2D eigenvalue weighted by Crippen LogP contribution is -2.69. The number of rotatable bonds is 6. The van der Waals surface area contributed by atoms with Gasteiger partial charge in [-0.1, -0.05) is 11.6 Å². The van der Waals surface area contributed by atoms with Gasteiger partial charge in [-0.25, -0.2) is 14.5 Å². The average molecular weight is 554 g/mol. The first kappa shape index (κ1) is 24.9. The molecule has 2 aliphatic carbocycles. The monoisotopic (exact) mass is 553 g/mol. The van der Waals surface area contributed by atoms with Crippen LogP contribution >= 0.6 is 11.6 Å². The molecule has 10 heteroatoms. The highest BCUT2D eigenvalue weighted by Gasteiger charge is 2.55. The number of nitrogens with one attached hydrogen (secondary N) is 1. The van der Waals surface area contributed by atoms with Crippen LogP contribution in [-0.4, -0.2) is 49.7 Å². The first-order valence-electron chi connectivity index (χ1n) is 13.7. The number of piperidine rings is 2. The predicted molar refractivity (Wildman–Crippen MR) is 150 cm³/mol. The maximum atomic E-state index is 13.1. The number of carbonyl (C=O) groups is 1. The summed E-state index contributed by atoms with van der Waals surface area (Å²) < 4.78 is 7.45. The molecule has 4 aliphatic rings. The number of hydrogen-bond acceptors (Lipinski definition) is 7. The molecule has 40 heavy (non-hydrogen) atoms. The summed E-state index contributed by atoms with van der Waals surface area (Å²) in [7, 11) is 0. The van der Waals surface area contributed by atoms with Gasteiger partial charge in [-0.15, -0.1) is 0 Å². The molecular formula is C30H28ClN7O2. The van der Waals surface area contributed by atoms with Crippen LogP contribution in [0.4, 0.5) is 5.82 Å². The topological polar surface area (TPSA) is 108 Å². The third-order valence-electron chi connectivity index (χ3n) is 8.62. The molecule has 1 amide bonds. The minimum Gasteiger partial charge on any atom is -0.492 e. The predicted octanol–water partition coefficient (Wildman–Crippen LogP) is 5.03. The van der Waals surface area contributed by atoms with Crippen LogP contribution in [0.5, 0.6) is 5.75 Å². The molecule has 8 rings (SSSR count). The van der Waals surface area contributed by atoms with Gasteiger partial charge in [0.05, 0.1) is 35.1 Å². The largest absolute Gasteiger partial charge is 0.492 e. The molecule has 202 valence electrons. The number of aromatic nitrogens is 4. The molecule has 9 nitrogen and oxygen atoms in total. The van der Waals surface area contributed by atoms with Crippen molar-refractivity contribution in [3.63, 3.8) is 0 Å². The standard InChI is InChI=1S/C30H28ClN7O2/c1-2-40-23-10-24(28-20(14-32)16-35-37(28)17-23)19-5-6-26(34-15-19)38-21-8-18-9-22(38)13-30(11-18,12-21)36-29(39)27-25(31)4-3-7-33-27/h3-7,10,15-18,21-22H,2,8-9,11-13H2,1H3,(H,36,39)/t18?,21-,22+,30?. The summed E-state index contributed by atoms with van der Waals surface area (Å²) in [4.78, 5) is 24.7. The number of nitrogens with zero attached hydrogens (tertiary/aromatic N) is 6. The Balaban J connectivity index is 1.16. The molecule has 0 radical (unpaired) electrons. The average Bonchev–Trinajstić information content (AvgIpc) is 3.36. The van der Waals surface area contributed by atoms with E-state index in [0.29, 0.717) is 40.9 Å². The SMILES string of the molecule is CCOc1cc(-c2ccc(N3[C@@H]4CC5C[C@H]3CC(NC(=O)c3ncccc3Cl)(C5)C4)nc2)c2c(C#N)cnn2c1. The molecule has 2 saturated carbocycles. The molecule has 1 N–H and O–H groups in total. The lowest BCUT2D eigenvalue weighted by atomic mass is 9.59. The number of amides is 1. The summed E-state index contributed by atoms with van der Waals surface area (Å²) in [5, 5.41) is 17.7. The van der Waals surface area contributed by atoms with E-state index in [9.17, 15) is 10.1 Å². The van der Waals surface area contributed by atoms with Gasteiger partial charge >= 0.3 is 0 Å². The summed E-state index contributed by atoms with van der Waals surface area (Å²) >= 11 is 6.27. The van der Waals surface area contributed by atoms with E-state index >= 15 is 0 Å². The first-order valence-corrected chi connectivity index (χ1v) is 14.1. The van der Waals surface area contributed by atoms with Crippen LogP contribution in [0.2, 0.25) is 5.02 Å². The van der Waals surface area contributed by atoms with Crippen LogP contribution < -0.4 is 15.0 Å². The molecule has 4 aromatic heterocycles. The molecule has 4 atom stereocenters. The van der Waals surface area contributed by atoms with Crippen LogP contribution in [-0.2, 0) is 0 Å². The summed E-state index contributed by atoms with van der Waals surface area (Å²) in [5.41, 5.74) is 3.04. The zero-order chi connectivity index (χ0) is 27.4. The minimum absolute atomic E-state index is 0.196. The van der Waals surface area contributed by atoms with Gasteiger partial charge in [0.1, 0.15) is 23.3 Å². The molecule has 2 saturated heterocycles. The molecule has 6 heterocycles. The third-order valence-corrected chi connectivity index (χ3v) is 8.93. The second-order valence-corrected chi connectivity index (χ2v) is 11.5. The Morgan fingerprint density at radius 1 is 1.20 bits per heavy atom. The van der Waals surface area contributed by atoms with E-state index in [4.69, 9.17) is 21.3 Å². The number of anilines is 1. The fourth-order valence-electron chi connectivity index (χ4n) is 7.35. The molecule has 2 aliphatic heterocycles. The second-order valence-electron chi connectivity index (χ2n) is 11.1. The summed E-state index contributed by atoms with van der Waals surface area (Å²) in [6, 6.07) is 12.4. The van der Waals surface area contributed by atoms with E-state index in [1.165, 1.54) is 0 Å². The molecule has 0 spiro atoms. The third kappa shape index (κ3) is 4.06. The van der Waals surface area contributed by atoms with Crippen LogP contribution in [0.15, 0.2) is 55.1 Å². The zero-order valence-corrected chi connectivity index (χ0v) is 22.8. The van der Waals surface area contributed by atoms with Crippen molar-refractivity contribution in [1.82, 2.24) is 24.9 Å². The van der Waals surface area contributed by atoms with Crippen molar-refractivity contribution >= 4 is 28.8 Å². The Labute approximate surface area is 236 Å². The maximum absolute atomic E-state index is 13.1. The zero-order valence-electron chi connectivity index (χ0n) is 22.0.